The van der Waals surface area contributed by atoms with Crippen molar-refractivity contribution in [2.75, 3.05) is 0 Å². The van der Waals surface area contributed by atoms with Gasteiger partial charge in [-0.25, -0.2) is 0 Å². The summed E-state index contributed by atoms with van der Waals surface area (Å²) in [5.74, 6) is 2.64. The van der Waals surface area contributed by atoms with Crippen LogP contribution >= 0.6 is 0 Å². The third kappa shape index (κ3) is 4.48. The summed E-state index contributed by atoms with van der Waals surface area (Å²) in [4.78, 5) is 5.91. The van der Waals surface area contributed by atoms with E-state index in [1.807, 2.05) is 25.1 Å². The molecule has 4 aromatic rings. The maximum Gasteiger partial charge on any atom is 0.204 e. The molecule has 1 aliphatic carbocycles. The Bertz CT molecular complexity index is 1120. The van der Waals surface area contributed by atoms with Crippen LogP contribution in [-0.2, 0) is 13.2 Å². The van der Waals surface area contributed by atoms with Crippen molar-refractivity contribution in [3.8, 4) is 17.1 Å². The first-order valence-electron chi connectivity index (χ1n) is 10.8. The summed E-state index contributed by atoms with van der Waals surface area (Å²) in [7, 11) is 0. The van der Waals surface area contributed by atoms with Crippen molar-refractivity contribution in [1.29, 1.82) is 0 Å². The fourth-order valence-corrected chi connectivity index (χ4v) is 3.91. The molecule has 1 aliphatic rings. The molecule has 2 aromatic carbocycles. The molecule has 5 rings (SSSR count). The predicted molar refractivity (Wildman–Crippen MR) is 119 cm³/mol. The summed E-state index contributed by atoms with van der Waals surface area (Å²) in [6, 6.07) is 23.0. The SMILES string of the molecule is CCn1nnc(-c2ccc(C(c3ccc(OCc4ccccn4)cc3)C3CC3)cc2)n1. The normalized spacial score (nSPS) is 14.4. The molecule has 0 spiro atoms. The molecule has 1 fully saturated rings. The average Bonchev–Trinajstić information content (AvgIpc) is 3.54. The number of rotatable bonds is 8. The Morgan fingerprint density at radius 2 is 1.71 bits per heavy atom. The lowest BCUT2D eigenvalue weighted by Gasteiger charge is -2.18. The number of benzene rings is 2. The largest absolute Gasteiger partial charge is 0.487 e. The molecule has 0 amide bonds. The molecule has 1 atom stereocenters. The molecular weight excluding hydrogens is 386 g/mol. The standard InChI is InChI=1S/C25H25N5O/c1-2-30-28-25(27-29-30)21-10-8-19(9-11-21)24(18-6-7-18)20-12-14-23(15-13-20)31-17-22-5-3-4-16-26-22/h3-5,8-16,18,24H,2,6-7,17H2,1H3. The number of aryl methyl sites for hydroxylation is 1. The average molecular weight is 412 g/mol. The second-order valence-corrected chi connectivity index (χ2v) is 7.92. The van der Waals surface area contributed by atoms with Gasteiger partial charge in [-0.1, -0.05) is 42.5 Å². The van der Waals surface area contributed by atoms with E-state index < -0.39 is 0 Å². The fraction of sp³-hybridized carbons (Fsp3) is 0.280. The van der Waals surface area contributed by atoms with E-state index in [1.165, 1.54) is 24.0 Å². The van der Waals surface area contributed by atoms with Crippen LogP contribution in [0.3, 0.4) is 0 Å². The second kappa shape index (κ2) is 8.68. The molecule has 2 heterocycles. The zero-order valence-corrected chi connectivity index (χ0v) is 17.6. The van der Waals surface area contributed by atoms with Crippen LogP contribution in [0.4, 0.5) is 0 Å². The fourth-order valence-electron chi connectivity index (χ4n) is 3.91. The summed E-state index contributed by atoms with van der Waals surface area (Å²) in [5.41, 5.74) is 4.58. The van der Waals surface area contributed by atoms with E-state index in [0.717, 1.165) is 23.6 Å². The Hall–Kier alpha value is -3.54. The predicted octanol–water partition coefficient (Wildman–Crippen LogP) is 4.88. The molecule has 0 N–H and O–H groups in total. The molecule has 31 heavy (non-hydrogen) atoms. The van der Waals surface area contributed by atoms with Gasteiger partial charge < -0.3 is 4.74 Å². The first-order chi connectivity index (χ1) is 15.3. The molecule has 0 aliphatic heterocycles. The molecule has 1 saturated carbocycles. The van der Waals surface area contributed by atoms with E-state index in [1.54, 1.807) is 11.0 Å². The lowest BCUT2D eigenvalue weighted by Crippen LogP contribution is -2.04. The van der Waals surface area contributed by atoms with E-state index in [0.29, 0.717) is 24.3 Å². The molecule has 2 aromatic heterocycles. The summed E-state index contributed by atoms with van der Waals surface area (Å²) in [5, 5.41) is 12.6. The lowest BCUT2D eigenvalue weighted by molar-refractivity contribution is 0.301. The van der Waals surface area contributed by atoms with Gasteiger partial charge in [-0.15, -0.1) is 10.2 Å². The monoisotopic (exact) mass is 411 g/mol. The van der Waals surface area contributed by atoms with Crippen LogP contribution in [0.15, 0.2) is 72.9 Å². The van der Waals surface area contributed by atoms with Crippen LogP contribution in [0, 0.1) is 5.92 Å². The Morgan fingerprint density at radius 1 is 0.968 bits per heavy atom. The van der Waals surface area contributed by atoms with Gasteiger partial charge in [-0.2, -0.15) is 4.80 Å². The van der Waals surface area contributed by atoms with Crippen molar-refractivity contribution in [3.05, 3.63) is 89.7 Å². The first kappa shape index (κ1) is 19.4. The zero-order chi connectivity index (χ0) is 21.0. The number of aromatic nitrogens is 5. The number of tetrazole rings is 1. The molecule has 6 heteroatoms. The number of ether oxygens (including phenoxy) is 1. The second-order valence-electron chi connectivity index (χ2n) is 7.92. The van der Waals surface area contributed by atoms with E-state index >= 15 is 0 Å². The number of hydrogen-bond acceptors (Lipinski definition) is 5. The molecule has 156 valence electrons. The van der Waals surface area contributed by atoms with Crippen molar-refractivity contribution in [1.82, 2.24) is 25.2 Å². The summed E-state index contributed by atoms with van der Waals surface area (Å²) in [6.45, 7) is 3.20. The van der Waals surface area contributed by atoms with Gasteiger partial charge in [-0.3, -0.25) is 4.98 Å². The van der Waals surface area contributed by atoms with Gasteiger partial charge in [0.2, 0.25) is 5.82 Å². The minimum Gasteiger partial charge on any atom is -0.487 e. The zero-order valence-electron chi connectivity index (χ0n) is 17.6. The van der Waals surface area contributed by atoms with Crippen LogP contribution in [0.2, 0.25) is 0 Å². The Balaban J connectivity index is 1.31. The number of hydrogen-bond donors (Lipinski definition) is 0. The van der Waals surface area contributed by atoms with Crippen LogP contribution in [0.1, 0.15) is 42.5 Å². The number of pyridine rings is 1. The third-order valence-corrected chi connectivity index (χ3v) is 5.71. The smallest absolute Gasteiger partial charge is 0.204 e. The third-order valence-electron chi connectivity index (χ3n) is 5.71. The minimum atomic E-state index is 0.401. The summed E-state index contributed by atoms with van der Waals surface area (Å²) < 4.78 is 5.90. The highest BCUT2D eigenvalue weighted by Gasteiger charge is 2.33. The van der Waals surface area contributed by atoms with Crippen LogP contribution in [0.5, 0.6) is 5.75 Å². The van der Waals surface area contributed by atoms with Gasteiger partial charge in [0.05, 0.1) is 12.2 Å². The highest BCUT2D eigenvalue weighted by atomic mass is 16.5. The van der Waals surface area contributed by atoms with Gasteiger partial charge in [0, 0.05) is 17.7 Å². The van der Waals surface area contributed by atoms with E-state index in [9.17, 15) is 0 Å². The molecule has 6 nitrogen and oxygen atoms in total. The molecule has 0 radical (unpaired) electrons. The van der Waals surface area contributed by atoms with Crippen molar-refractivity contribution in [3.63, 3.8) is 0 Å². The van der Waals surface area contributed by atoms with E-state index in [-0.39, 0.29) is 0 Å². The van der Waals surface area contributed by atoms with Crippen molar-refractivity contribution in [2.24, 2.45) is 5.92 Å². The quantitative estimate of drug-likeness (QED) is 0.414. The Kier molecular flexibility index (Phi) is 5.44. The van der Waals surface area contributed by atoms with Crippen LogP contribution in [0.25, 0.3) is 11.4 Å². The van der Waals surface area contributed by atoms with Crippen molar-refractivity contribution >= 4 is 0 Å². The van der Waals surface area contributed by atoms with Crippen LogP contribution < -0.4 is 4.74 Å². The van der Waals surface area contributed by atoms with Gasteiger partial charge >= 0.3 is 0 Å². The van der Waals surface area contributed by atoms with E-state index in [4.69, 9.17) is 4.74 Å². The Morgan fingerprint density at radius 3 is 2.32 bits per heavy atom. The van der Waals surface area contributed by atoms with Crippen molar-refractivity contribution in [2.45, 2.75) is 38.8 Å². The molecule has 0 bridgehead atoms. The maximum absolute atomic E-state index is 5.90. The summed E-state index contributed by atoms with van der Waals surface area (Å²) in [6.07, 6.45) is 4.34. The topological polar surface area (TPSA) is 65.7 Å². The van der Waals surface area contributed by atoms with Gasteiger partial charge in [0.15, 0.2) is 0 Å². The molecular formula is C25H25N5O. The van der Waals surface area contributed by atoms with Crippen LogP contribution in [-0.4, -0.2) is 25.2 Å². The maximum atomic E-state index is 5.90. The van der Waals surface area contributed by atoms with Gasteiger partial charge in [0.25, 0.3) is 0 Å². The Labute approximate surface area is 181 Å². The van der Waals surface area contributed by atoms with Crippen molar-refractivity contribution < 1.29 is 4.74 Å². The highest BCUT2D eigenvalue weighted by molar-refractivity contribution is 5.55. The lowest BCUT2D eigenvalue weighted by atomic mass is 9.87. The van der Waals surface area contributed by atoms with Gasteiger partial charge in [0.1, 0.15) is 12.4 Å². The molecule has 0 saturated heterocycles. The minimum absolute atomic E-state index is 0.401. The van der Waals surface area contributed by atoms with Gasteiger partial charge in [-0.05, 0) is 66.3 Å². The first-order valence-corrected chi connectivity index (χ1v) is 10.8. The summed E-state index contributed by atoms with van der Waals surface area (Å²) >= 11 is 0. The number of nitrogens with zero attached hydrogens (tertiary/aromatic N) is 5. The van der Waals surface area contributed by atoms with E-state index in [2.05, 4.69) is 68.9 Å². The molecule has 1 unspecified atom stereocenters. The highest BCUT2D eigenvalue weighted by Crippen LogP contribution is 2.46.